The average molecular weight is 262 g/mol. The maximum atomic E-state index is 12.7. The van der Waals surface area contributed by atoms with Crippen LogP contribution in [0.4, 0.5) is 0 Å². The summed E-state index contributed by atoms with van der Waals surface area (Å²) in [5.74, 6) is 1.30. The molecule has 4 atom stereocenters. The van der Waals surface area contributed by atoms with Crippen LogP contribution in [0.25, 0.3) is 0 Å². The third-order valence-corrected chi connectivity index (χ3v) is 5.76. The molecule has 4 fully saturated rings. The van der Waals surface area contributed by atoms with Gasteiger partial charge in [-0.15, -0.1) is 0 Å². The molecule has 2 amide bonds. The first-order chi connectivity index (χ1) is 9.25. The summed E-state index contributed by atoms with van der Waals surface area (Å²) in [6, 6.07) is 0.640. The first kappa shape index (κ1) is 11.7. The molecule has 4 aliphatic rings. The van der Waals surface area contributed by atoms with Crippen LogP contribution >= 0.6 is 0 Å². The fraction of sp³-hybridized carbons (Fsp3) is 0.867. The second kappa shape index (κ2) is 4.22. The lowest BCUT2D eigenvalue weighted by atomic mass is 9.70. The lowest BCUT2D eigenvalue weighted by Crippen LogP contribution is -2.66. The maximum absolute atomic E-state index is 12.7. The number of nitrogens with zero attached hydrogens (tertiary/aromatic N) is 2. The molecule has 19 heavy (non-hydrogen) atoms. The van der Waals surface area contributed by atoms with E-state index in [1.165, 1.54) is 6.42 Å². The summed E-state index contributed by atoms with van der Waals surface area (Å²) in [7, 11) is 0. The van der Waals surface area contributed by atoms with E-state index < -0.39 is 0 Å². The largest absolute Gasteiger partial charge is 0.339 e. The summed E-state index contributed by atoms with van der Waals surface area (Å²) in [5.41, 5.74) is 0. The number of hydrogen-bond donors (Lipinski definition) is 0. The van der Waals surface area contributed by atoms with Gasteiger partial charge in [0.15, 0.2) is 0 Å². The van der Waals surface area contributed by atoms with Crippen LogP contribution < -0.4 is 0 Å². The Morgan fingerprint density at radius 1 is 0.947 bits per heavy atom. The van der Waals surface area contributed by atoms with Gasteiger partial charge in [0.25, 0.3) is 0 Å². The monoisotopic (exact) mass is 262 g/mol. The summed E-state index contributed by atoms with van der Waals surface area (Å²) in [6.07, 6.45) is 7.29. The minimum atomic E-state index is 0.109. The van der Waals surface area contributed by atoms with Gasteiger partial charge in [0.1, 0.15) is 0 Å². The highest BCUT2D eigenvalue weighted by molar-refractivity contribution is 5.84. The number of fused-ring (bicyclic) bond motifs is 6. The highest BCUT2D eigenvalue weighted by Crippen LogP contribution is 2.43. The molecule has 4 saturated heterocycles. The second-order valence-electron chi connectivity index (χ2n) is 6.70. The van der Waals surface area contributed by atoms with E-state index in [1.54, 1.807) is 0 Å². The molecular formula is C15H22N2O2. The van der Waals surface area contributed by atoms with Crippen LogP contribution in [0.15, 0.2) is 0 Å². The Balaban J connectivity index is 1.66. The van der Waals surface area contributed by atoms with Gasteiger partial charge in [-0.25, -0.2) is 0 Å². The van der Waals surface area contributed by atoms with Gasteiger partial charge in [0.2, 0.25) is 11.8 Å². The molecule has 104 valence electrons. The van der Waals surface area contributed by atoms with Crippen molar-refractivity contribution in [3.05, 3.63) is 0 Å². The molecule has 4 heteroatoms. The van der Waals surface area contributed by atoms with Crippen LogP contribution in [0.2, 0.25) is 0 Å². The Bertz CT molecular complexity index is 422. The van der Waals surface area contributed by atoms with Crippen molar-refractivity contribution < 1.29 is 9.59 Å². The molecule has 0 radical (unpaired) electrons. The number of carbonyl (C=O) groups excluding carboxylic acids is 2. The van der Waals surface area contributed by atoms with Crippen molar-refractivity contribution in [3.63, 3.8) is 0 Å². The molecular weight excluding hydrogens is 240 g/mol. The molecule has 0 N–H and O–H groups in total. The number of rotatable bonds is 0. The first-order valence-corrected chi connectivity index (χ1v) is 7.85. The second-order valence-corrected chi connectivity index (χ2v) is 6.70. The summed E-state index contributed by atoms with van der Waals surface area (Å²) in [6.45, 7) is 1.87. The minimum absolute atomic E-state index is 0.109. The lowest BCUT2D eigenvalue weighted by Gasteiger charge is -2.56. The van der Waals surface area contributed by atoms with E-state index in [4.69, 9.17) is 0 Å². The van der Waals surface area contributed by atoms with Gasteiger partial charge in [0, 0.05) is 31.6 Å². The van der Waals surface area contributed by atoms with E-state index in [0.29, 0.717) is 30.2 Å². The zero-order valence-electron chi connectivity index (χ0n) is 11.4. The van der Waals surface area contributed by atoms with Crippen molar-refractivity contribution in [2.75, 3.05) is 13.1 Å². The highest BCUT2D eigenvalue weighted by Gasteiger charge is 2.52. The zero-order chi connectivity index (χ0) is 13.0. The molecule has 4 heterocycles. The van der Waals surface area contributed by atoms with Gasteiger partial charge < -0.3 is 9.80 Å². The molecule has 0 unspecified atom stereocenters. The Morgan fingerprint density at radius 3 is 2.68 bits per heavy atom. The molecule has 2 bridgehead atoms. The first-order valence-electron chi connectivity index (χ1n) is 7.85. The SMILES string of the molecule is O=C1[C@H]2C[C@H](CN3C(=O)CCC[C@@H]23)[C@H]2CCCCN12. The standard InChI is InChI=1S/C15H22N2O2/c18-14-6-3-5-13-11-8-10(9-17(13)14)12-4-1-2-7-16(12)15(11)19/h10-13H,1-9H2/t10-,11+,12-,13+/m1/s1. The third-order valence-electron chi connectivity index (χ3n) is 5.76. The lowest BCUT2D eigenvalue weighted by molar-refractivity contribution is -0.164. The van der Waals surface area contributed by atoms with Gasteiger partial charge in [-0.05, 0) is 44.4 Å². The van der Waals surface area contributed by atoms with Crippen LogP contribution in [0.3, 0.4) is 0 Å². The Kier molecular flexibility index (Phi) is 2.61. The van der Waals surface area contributed by atoms with Gasteiger partial charge in [-0.2, -0.15) is 0 Å². The van der Waals surface area contributed by atoms with Crippen LogP contribution in [0, 0.1) is 11.8 Å². The smallest absolute Gasteiger partial charge is 0.228 e. The Labute approximate surface area is 114 Å². The molecule has 0 spiro atoms. The topological polar surface area (TPSA) is 40.6 Å². The zero-order valence-corrected chi connectivity index (χ0v) is 11.4. The van der Waals surface area contributed by atoms with Crippen LogP contribution in [-0.2, 0) is 9.59 Å². The van der Waals surface area contributed by atoms with Crippen molar-refractivity contribution in [2.24, 2.45) is 11.8 Å². The summed E-state index contributed by atoms with van der Waals surface area (Å²) in [4.78, 5) is 29.1. The van der Waals surface area contributed by atoms with Crippen LogP contribution in [0.5, 0.6) is 0 Å². The number of hydrogen-bond acceptors (Lipinski definition) is 2. The van der Waals surface area contributed by atoms with Crippen molar-refractivity contribution in [1.82, 2.24) is 9.80 Å². The molecule has 4 rings (SSSR count). The average Bonchev–Trinajstić information content (AvgIpc) is 2.45. The summed E-state index contributed by atoms with van der Waals surface area (Å²) < 4.78 is 0. The maximum Gasteiger partial charge on any atom is 0.228 e. The third kappa shape index (κ3) is 1.65. The van der Waals surface area contributed by atoms with Crippen molar-refractivity contribution in [2.45, 2.75) is 57.0 Å². The van der Waals surface area contributed by atoms with Gasteiger partial charge in [0.05, 0.1) is 5.92 Å². The molecule has 0 aromatic rings. The fourth-order valence-electron chi connectivity index (χ4n) is 4.89. The molecule has 4 nitrogen and oxygen atoms in total. The summed E-state index contributed by atoms with van der Waals surface area (Å²) in [5, 5.41) is 0. The minimum Gasteiger partial charge on any atom is -0.339 e. The summed E-state index contributed by atoms with van der Waals surface area (Å²) >= 11 is 0. The van der Waals surface area contributed by atoms with E-state index in [1.807, 2.05) is 0 Å². The highest BCUT2D eigenvalue weighted by atomic mass is 16.2. The van der Waals surface area contributed by atoms with Crippen molar-refractivity contribution in [1.29, 1.82) is 0 Å². The van der Waals surface area contributed by atoms with Gasteiger partial charge in [-0.1, -0.05) is 0 Å². The number of amides is 2. The van der Waals surface area contributed by atoms with E-state index in [2.05, 4.69) is 9.80 Å². The van der Waals surface area contributed by atoms with E-state index >= 15 is 0 Å². The predicted molar refractivity (Wildman–Crippen MR) is 70.3 cm³/mol. The van der Waals surface area contributed by atoms with E-state index in [-0.39, 0.29) is 12.0 Å². The van der Waals surface area contributed by atoms with E-state index in [0.717, 1.165) is 45.2 Å². The number of carbonyl (C=O) groups is 2. The quantitative estimate of drug-likeness (QED) is 0.662. The van der Waals surface area contributed by atoms with Gasteiger partial charge >= 0.3 is 0 Å². The van der Waals surface area contributed by atoms with Crippen molar-refractivity contribution in [3.8, 4) is 0 Å². The fourth-order valence-corrected chi connectivity index (χ4v) is 4.89. The van der Waals surface area contributed by atoms with E-state index in [9.17, 15) is 9.59 Å². The molecule has 4 aliphatic heterocycles. The molecule has 0 aromatic heterocycles. The van der Waals surface area contributed by atoms with Crippen LogP contribution in [-0.4, -0.2) is 46.8 Å². The Hall–Kier alpha value is -1.06. The predicted octanol–water partition coefficient (Wildman–Crippen LogP) is 1.40. The molecule has 0 aromatic carbocycles. The molecule has 0 aliphatic carbocycles. The van der Waals surface area contributed by atoms with Crippen molar-refractivity contribution >= 4 is 11.8 Å². The van der Waals surface area contributed by atoms with Gasteiger partial charge in [-0.3, -0.25) is 9.59 Å². The van der Waals surface area contributed by atoms with Crippen LogP contribution in [0.1, 0.15) is 44.9 Å². The Morgan fingerprint density at radius 2 is 1.79 bits per heavy atom. The normalized spacial score (nSPS) is 41.9. The molecule has 0 saturated carbocycles. The number of piperidine rings is 4.